The van der Waals surface area contributed by atoms with Crippen molar-refractivity contribution in [2.75, 3.05) is 23.7 Å². The molecule has 0 saturated carbocycles. The molecule has 0 radical (unpaired) electrons. The van der Waals surface area contributed by atoms with Crippen LogP contribution in [0, 0.1) is 26.7 Å². The predicted octanol–water partition coefficient (Wildman–Crippen LogP) is 3.76. The first-order valence-corrected chi connectivity index (χ1v) is 13.0. The van der Waals surface area contributed by atoms with E-state index in [2.05, 4.69) is 10.6 Å². The third-order valence-electron chi connectivity index (χ3n) is 6.70. The lowest BCUT2D eigenvalue weighted by molar-refractivity contribution is -0.123. The minimum Gasteiger partial charge on any atom is -0.478 e. The van der Waals surface area contributed by atoms with Gasteiger partial charge in [0.2, 0.25) is 15.9 Å². The average molecular weight is 486 g/mol. The number of benzene rings is 2. The van der Waals surface area contributed by atoms with E-state index >= 15 is 0 Å². The lowest BCUT2D eigenvalue weighted by Gasteiger charge is -2.32. The van der Waals surface area contributed by atoms with Crippen molar-refractivity contribution in [1.29, 1.82) is 0 Å². The van der Waals surface area contributed by atoms with Crippen LogP contribution >= 0.6 is 0 Å². The fourth-order valence-electron chi connectivity index (χ4n) is 4.47. The zero-order valence-electron chi connectivity index (χ0n) is 20.0. The van der Waals surface area contributed by atoms with Gasteiger partial charge in [-0.05, 0) is 68.9 Å². The van der Waals surface area contributed by atoms with E-state index in [4.69, 9.17) is 4.74 Å². The number of fused-ring (bicyclic) bond motifs is 1. The lowest BCUT2D eigenvalue weighted by atomic mass is 9.98. The van der Waals surface area contributed by atoms with Gasteiger partial charge in [0, 0.05) is 24.8 Å². The maximum atomic E-state index is 13.6. The fraction of sp³-hybridized carbons (Fsp3) is 0.440. The standard InChI is InChI=1S/C25H31N3O5S/c1-5-21-25(30)27-20-12-16(3)23(13-22(20)33-21)34(31,32)28-11-7-9-18(14-28)24(29)26-19-10-6-8-15(2)17(19)4/h6,8,10,12-13,18,21H,5,7,9,11,14H2,1-4H3,(H,26,29)(H,27,30)/t18-,21+/m0/s1. The molecule has 34 heavy (non-hydrogen) atoms. The smallest absolute Gasteiger partial charge is 0.265 e. The topological polar surface area (TPSA) is 105 Å². The third-order valence-corrected chi connectivity index (χ3v) is 8.71. The van der Waals surface area contributed by atoms with Gasteiger partial charge in [-0.2, -0.15) is 4.31 Å². The Kier molecular flexibility index (Phi) is 6.69. The molecule has 4 rings (SSSR count). The van der Waals surface area contributed by atoms with Crippen LogP contribution < -0.4 is 15.4 Å². The summed E-state index contributed by atoms with van der Waals surface area (Å²) in [5, 5.41) is 5.77. The highest BCUT2D eigenvalue weighted by molar-refractivity contribution is 7.89. The van der Waals surface area contributed by atoms with Crippen molar-refractivity contribution in [3.05, 3.63) is 47.0 Å². The van der Waals surface area contributed by atoms with Gasteiger partial charge < -0.3 is 15.4 Å². The molecule has 2 aromatic carbocycles. The van der Waals surface area contributed by atoms with E-state index in [0.29, 0.717) is 42.8 Å². The van der Waals surface area contributed by atoms with Gasteiger partial charge in [0.15, 0.2) is 6.10 Å². The quantitative estimate of drug-likeness (QED) is 0.671. The molecule has 182 valence electrons. The van der Waals surface area contributed by atoms with Crippen molar-refractivity contribution in [1.82, 2.24) is 4.31 Å². The van der Waals surface area contributed by atoms with Crippen LogP contribution in [0.5, 0.6) is 5.75 Å². The van der Waals surface area contributed by atoms with Gasteiger partial charge in [0.1, 0.15) is 5.75 Å². The number of carbonyl (C=O) groups excluding carboxylic acids is 2. The Hall–Kier alpha value is -2.91. The minimum atomic E-state index is -3.86. The van der Waals surface area contributed by atoms with Gasteiger partial charge in [0.25, 0.3) is 5.91 Å². The molecule has 2 aromatic rings. The molecular formula is C25H31N3O5S. The predicted molar refractivity (Wildman–Crippen MR) is 131 cm³/mol. The Bertz CT molecular complexity index is 1240. The second-order valence-electron chi connectivity index (χ2n) is 9.06. The first-order chi connectivity index (χ1) is 16.1. The van der Waals surface area contributed by atoms with Gasteiger partial charge in [-0.15, -0.1) is 0 Å². The summed E-state index contributed by atoms with van der Waals surface area (Å²) in [5.74, 6) is -0.510. The van der Waals surface area contributed by atoms with E-state index in [1.165, 1.54) is 10.4 Å². The van der Waals surface area contributed by atoms with Gasteiger partial charge >= 0.3 is 0 Å². The van der Waals surface area contributed by atoms with Crippen molar-refractivity contribution in [3.63, 3.8) is 0 Å². The number of anilines is 2. The summed E-state index contributed by atoms with van der Waals surface area (Å²) in [4.78, 5) is 25.2. The molecule has 1 fully saturated rings. The Labute approximate surface area is 200 Å². The number of hydrogen-bond donors (Lipinski definition) is 2. The summed E-state index contributed by atoms with van der Waals surface area (Å²) in [6.07, 6.45) is 1.04. The highest BCUT2D eigenvalue weighted by atomic mass is 32.2. The first kappa shape index (κ1) is 24.2. The van der Waals surface area contributed by atoms with E-state index < -0.39 is 22.0 Å². The van der Waals surface area contributed by atoms with Gasteiger partial charge in [0.05, 0.1) is 16.5 Å². The van der Waals surface area contributed by atoms with Crippen molar-refractivity contribution < 1.29 is 22.7 Å². The fourth-order valence-corrected chi connectivity index (χ4v) is 6.21. The Morgan fingerprint density at radius 3 is 2.71 bits per heavy atom. The van der Waals surface area contributed by atoms with E-state index in [1.807, 2.05) is 39.0 Å². The van der Waals surface area contributed by atoms with Crippen molar-refractivity contribution in [2.45, 2.75) is 58.0 Å². The second-order valence-corrected chi connectivity index (χ2v) is 11.0. The number of piperidine rings is 1. The first-order valence-electron chi connectivity index (χ1n) is 11.6. The van der Waals surface area contributed by atoms with Crippen LogP contribution in [0.15, 0.2) is 35.2 Å². The van der Waals surface area contributed by atoms with Crippen LogP contribution in [0.1, 0.15) is 42.9 Å². The molecule has 1 saturated heterocycles. The number of carbonyl (C=O) groups is 2. The van der Waals surface area contributed by atoms with E-state index in [1.54, 1.807) is 13.0 Å². The van der Waals surface area contributed by atoms with Crippen molar-refractivity contribution in [3.8, 4) is 5.75 Å². The molecule has 8 nitrogen and oxygen atoms in total. The summed E-state index contributed by atoms with van der Waals surface area (Å²) in [6, 6.07) is 8.85. The van der Waals surface area contributed by atoms with Gasteiger partial charge in [-0.3, -0.25) is 9.59 Å². The molecule has 2 heterocycles. The third kappa shape index (κ3) is 4.54. The second kappa shape index (κ2) is 9.38. The van der Waals surface area contributed by atoms with Crippen LogP contribution in [0.25, 0.3) is 0 Å². The molecule has 2 aliphatic rings. The number of hydrogen-bond acceptors (Lipinski definition) is 5. The molecule has 2 amide bonds. The Morgan fingerprint density at radius 1 is 1.21 bits per heavy atom. The van der Waals surface area contributed by atoms with Crippen LogP contribution in [0.3, 0.4) is 0 Å². The molecule has 0 unspecified atom stereocenters. The van der Waals surface area contributed by atoms with Gasteiger partial charge in [-0.25, -0.2) is 8.42 Å². The molecule has 0 aliphatic carbocycles. The summed E-state index contributed by atoms with van der Waals surface area (Å²) < 4.78 is 34.3. The number of amides is 2. The molecule has 0 spiro atoms. The monoisotopic (exact) mass is 485 g/mol. The van der Waals surface area contributed by atoms with Crippen LogP contribution in [0.2, 0.25) is 0 Å². The number of aryl methyl sites for hydroxylation is 2. The molecule has 9 heteroatoms. The summed E-state index contributed by atoms with van der Waals surface area (Å²) >= 11 is 0. The molecular weight excluding hydrogens is 454 g/mol. The average Bonchev–Trinajstić information content (AvgIpc) is 2.81. The molecule has 2 N–H and O–H groups in total. The minimum absolute atomic E-state index is 0.116. The van der Waals surface area contributed by atoms with E-state index in [-0.39, 0.29) is 23.3 Å². The molecule has 0 bridgehead atoms. The number of nitrogens with zero attached hydrogens (tertiary/aromatic N) is 1. The summed E-state index contributed by atoms with van der Waals surface area (Å²) in [5.41, 5.74) is 3.81. The SMILES string of the molecule is CC[C@H]1Oc2cc(S(=O)(=O)N3CCC[C@H](C(=O)Nc4cccc(C)c4C)C3)c(C)cc2NC1=O. The normalized spacial score (nSPS) is 20.8. The summed E-state index contributed by atoms with van der Waals surface area (Å²) in [7, 11) is -3.86. The van der Waals surface area contributed by atoms with Crippen molar-refractivity contribution >= 4 is 33.2 Å². The maximum Gasteiger partial charge on any atom is 0.265 e. The molecule has 0 aromatic heterocycles. The Morgan fingerprint density at radius 2 is 1.97 bits per heavy atom. The zero-order valence-corrected chi connectivity index (χ0v) is 20.8. The Balaban J connectivity index is 1.55. The maximum absolute atomic E-state index is 13.6. The highest BCUT2D eigenvalue weighted by Gasteiger charge is 2.36. The lowest BCUT2D eigenvalue weighted by Crippen LogP contribution is -2.44. The zero-order chi connectivity index (χ0) is 24.6. The number of nitrogens with one attached hydrogen (secondary N) is 2. The van der Waals surface area contributed by atoms with Crippen LogP contribution in [0.4, 0.5) is 11.4 Å². The van der Waals surface area contributed by atoms with E-state index in [9.17, 15) is 18.0 Å². The molecule has 2 atom stereocenters. The summed E-state index contributed by atoms with van der Waals surface area (Å²) in [6.45, 7) is 7.93. The highest BCUT2D eigenvalue weighted by Crippen LogP contribution is 2.36. The largest absolute Gasteiger partial charge is 0.478 e. The van der Waals surface area contributed by atoms with Crippen LogP contribution in [-0.2, 0) is 19.6 Å². The number of ether oxygens (including phenoxy) is 1. The van der Waals surface area contributed by atoms with Gasteiger partial charge in [-0.1, -0.05) is 19.1 Å². The number of rotatable bonds is 5. The van der Waals surface area contributed by atoms with Crippen molar-refractivity contribution in [2.24, 2.45) is 5.92 Å². The van der Waals surface area contributed by atoms with E-state index in [0.717, 1.165) is 16.8 Å². The number of sulfonamides is 1. The van der Waals surface area contributed by atoms with Crippen LogP contribution in [-0.4, -0.2) is 43.7 Å². The molecule has 2 aliphatic heterocycles.